The minimum Gasteiger partial charge on any atom is -0.481 e. The van der Waals surface area contributed by atoms with E-state index >= 15 is 0 Å². The number of carbonyl (C=O) groups is 2. The summed E-state index contributed by atoms with van der Waals surface area (Å²) in [6, 6.07) is 0.304. The quantitative estimate of drug-likeness (QED) is 0.810. The van der Waals surface area contributed by atoms with Crippen LogP contribution < -0.4 is 5.32 Å². The lowest BCUT2D eigenvalue weighted by Gasteiger charge is -2.35. The SMILES string of the molecule is CC1CCCC(NC(=O)CN2CCC(CC(=O)O)C2)C1C. The molecular weight excluding hydrogens is 268 g/mol. The Bertz CT molecular complexity index is 386. The van der Waals surface area contributed by atoms with E-state index < -0.39 is 5.97 Å². The third-order valence-electron chi connectivity index (χ3n) is 5.25. The van der Waals surface area contributed by atoms with E-state index in [9.17, 15) is 9.59 Å². The van der Waals surface area contributed by atoms with Crippen LogP contribution in [0.2, 0.25) is 0 Å². The first-order chi connectivity index (χ1) is 9.95. The molecule has 1 heterocycles. The lowest BCUT2D eigenvalue weighted by atomic mass is 9.78. The maximum atomic E-state index is 12.2. The minimum atomic E-state index is -0.740. The van der Waals surface area contributed by atoms with Crippen LogP contribution in [-0.4, -0.2) is 47.6 Å². The molecule has 1 saturated carbocycles. The molecule has 2 aliphatic rings. The Labute approximate surface area is 127 Å². The highest BCUT2D eigenvalue weighted by Gasteiger charge is 2.30. The molecule has 5 nitrogen and oxygen atoms in total. The fourth-order valence-electron chi connectivity index (χ4n) is 3.71. The summed E-state index contributed by atoms with van der Waals surface area (Å²) < 4.78 is 0. The van der Waals surface area contributed by atoms with E-state index in [1.54, 1.807) is 0 Å². The second-order valence-electron chi connectivity index (χ2n) is 6.93. The Hall–Kier alpha value is -1.10. The second-order valence-corrected chi connectivity index (χ2v) is 6.93. The van der Waals surface area contributed by atoms with Gasteiger partial charge in [-0.25, -0.2) is 0 Å². The Balaban J connectivity index is 1.74. The molecule has 2 rings (SSSR count). The molecule has 120 valence electrons. The molecule has 4 unspecified atom stereocenters. The van der Waals surface area contributed by atoms with Gasteiger partial charge in [-0.15, -0.1) is 0 Å². The monoisotopic (exact) mass is 296 g/mol. The molecule has 0 aromatic rings. The first kappa shape index (κ1) is 16.3. The second kappa shape index (κ2) is 7.25. The fourth-order valence-corrected chi connectivity index (χ4v) is 3.71. The summed E-state index contributed by atoms with van der Waals surface area (Å²) in [4.78, 5) is 25.0. The summed E-state index contributed by atoms with van der Waals surface area (Å²) in [5.41, 5.74) is 0. The third kappa shape index (κ3) is 4.70. The predicted octanol–water partition coefficient (Wildman–Crippen LogP) is 1.72. The van der Waals surface area contributed by atoms with Gasteiger partial charge in [0.05, 0.1) is 6.54 Å². The summed E-state index contributed by atoms with van der Waals surface area (Å²) in [5, 5.41) is 12.0. The van der Waals surface area contributed by atoms with Crippen LogP contribution in [0.15, 0.2) is 0 Å². The van der Waals surface area contributed by atoms with Gasteiger partial charge in [0.2, 0.25) is 5.91 Å². The molecule has 2 N–H and O–H groups in total. The van der Waals surface area contributed by atoms with Crippen molar-refractivity contribution in [2.75, 3.05) is 19.6 Å². The molecular formula is C16H28N2O3. The van der Waals surface area contributed by atoms with Crippen molar-refractivity contribution in [2.45, 2.75) is 52.0 Å². The van der Waals surface area contributed by atoms with Crippen LogP contribution in [0.5, 0.6) is 0 Å². The van der Waals surface area contributed by atoms with Gasteiger partial charge in [0.15, 0.2) is 0 Å². The zero-order valence-corrected chi connectivity index (χ0v) is 13.2. The number of carboxylic acid groups (broad SMARTS) is 1. The van der Waals surface area contributed by atoms with Crippen LogP contribution in [0.4, 0.5) is 0 Å². The molecule has 1 amide bonds. The van der Waals surface area contributed by atoms with E-state index in [1.807, 2.05) is 0 Å². The molecule has 0 aromatic heterocycles. The van der Waals surface area contributed by atoms with Gasteiger partial charge in [0.25, 0.3) is 0 Å². The number of nitrogens with zero attached hydrogens (tertiary/aromatic N) is 1. The predicted molar refractivity (Wildman–Crippen MR) is 80.9 cm³/mol. The van der Waals surface area contributed by atoms with Gasteiger partial charge >= 0.3 is 5.97 Å². The van der Waals surface area contributed by atoms with Crippen LogP contribution in [0, 0.1) is 17.8 Å². The number of nitrogens with one attached hydrogen (secondary N) is 1. The lowest BCUT2D eigenvalue weighted by molar-refractivity contribution is -0.138. The van der Waals surface area contributed by atoms with Crippen molar-refractivity contribution in [3.05, 3.63) is 0 Å². The van der Waals surface area contributed by atoms with Crippen LogP contribution in [0.3, 0.4) is 0 Å². The van der Waals surface area contributed by atoms with Crippen LogP contribution >= 0.6 is 0 Å². The average Bonchev–Trinajstić information content (AvgIpc) is 2.81. The Morgan fingerprint density at radius 3 is 2.71 bits per heavy atom. The Kier molecular flexibility index (Phi) is 5.62. The van der Waals surface area contributed by atoms with Gasteiger partial charge in [-0.2, -0.15) is 0 Å². The summed E-state index contributed by atoms with van der Waals surface area (Å²) in [6.45, 7) is 6.47. The van der Waals surface area contributed by atoms with Crippen molar-refractivity contribution in [1.29, 1.82) is 0 Å². The fraction of sp³-hybridized carbons (Fsp3) is 0.875. The van der Waals surface area contributed by atoms with Crippen molar-refractivity contribution in [2.24, 2.45) is 17.8 Å². The maximum absolute atomic E-state index is 12.2. The summed E-state index contributed by atoms with van der Waals surface area (Å²) in [6.07, 6.45) is 4.64. The number of hydrogen-bond donors (Lipinski definition) is 2. The van der Waals surface area contributed by atoms with Gasteiger partial charge in [-0.05, 0) is 37.1 Å². The van der Waals surface area contributed by atoms with Gasteiger partial charge in [-0.3, -0.25) is 14.5 Å². The van der Waals surface area contributed by atoms with E-state index in [0.717, 1.165) is 25.9 Å². The number of rotatable bonds is 5. The molecule has 4 atom stereocenters. The van der Waals surface area contributed by atoms with E-state index in [-0.39, 0.29) is 18.2 Å². The summed E-state index contributed by atoms with van der Waals surface area (Å²) in [5.74, 6) is 0.772. The van der Waals surface area contributed by atoms with Crippen LogP contribution in [0.25, 0.3) is 0 Å². The standard InChI is InChI=1S/C16H28N2O3/c1-11-4-3-5-14(12(11)2)17-15(19)10-18-7-6-13(9-18)8-16(20)21/h11-14H,3-10H2,1-2H3,(H,17,19)(H,20,21). The molecule has 1 aliphatic heterocycles. The Morgan fingerprint density at radius 1 is 1.24 bits per heavy atom. The topological polar surface area (TPSA) is 69.6 Å². The first-order valence-corrected chi connectivity index (χ1v) is 8.19. The van der Waals surface area contributed by atoms with E-state index in [4.69, 9.17) is 5.11 Å². The molecule has 0 radical (unpaired) electrons. The molecule has 5 heteroatoms. The average molecular weight is 296 g/mol. The molecule has 0 aromatic carbocycles. The highest BCUT2D eigenvalue weighted by molar-refractivity contribution is 5.78. The smallest absolute Gasteiger partial charge is 0.303 e. The molecule has 21 heavy (non-hydrogen) atoms. The van der Waals surface area contributed by atoms with Crippen molar-refractivity contribution >= 4 is 11.9 Å². The zero-order valence-electron chi connectivity index (χ0n) is 13.2. The lowest BCUT2D eigenvalue weighted by Crippen LogP contribution is -2.47. The number of carboxylic acids is 1. The normalized spacial score (nSPS) is 33.8. The molecule has 1 aliphatic carbocycles. The van der Waals surface area contributed by atoms with Gasteiger partial charge in [0.1, 0.15) is 0 Å². The highest BCUT2D eigenvalue weighted by atomic mass is 16.4. The summed E-state index contributed by atoms with van der Waals surface area (Å²) in [7, 11) is 0. The van der Waals surface area contributed by atoms with Gasteiger partial charge < -0.3 is 10.4 Å². The van der Waals surface area contributed by atoms with Crippen molar-refractivity contribution in [3.63, 3.8) is 0 Å². The first-order valence-electron chi connectivity index (χ1n) is 8.19. The number of aliphatic carboxylic acids is 1. The maximum Gasteiger partial charge on any atom is 0.303 e. The molecule has 2 fully saturated rings. The summed E-state index contributed by atoms with van der Waals surface area (Å²) >= 11 is 0. The molecule has 1 saturated heterocycles. The van der Waals surface area contributed by atoms with Crippen molar-refractivity contribution in [3.8, 4) is 0 Å². The van der Waals surface area contributed by atoms with E-state index in [2.05, 4.69) is 24.1 Å². The van der Waals surface area contributed by atoms with E-state index in [1.165, 1.54) is 12.8 Å². The highest BCUT2D eigenvalue weighted by Crippen LogP contribution is 2.29. The number of likely N-dealkylation sites (tertiary alicyclic amines) is 1. The van der Waals surface area contributed by atoms with Crippen LogP contribution in [-0.2, 0) is 9.59 Å². The number of carbonyl (C=O) groups excluding carboxylic acids is 1. The Morgan fingerprint density at radius 2 is 2.00 bits per heavy atom. The van der Waals surface area contributed by atoms with Crippen molar-refractivity contribution in [1.82, 2.24) is 10.2 Å². The molecule has 0 spiro atoms. The number of hydrogen-bond acceptors (Lipinski definition) is 3. The van der Waals surface area contributed by atoms with E-state index in [0.29, 0.717) is 24.4 Å². The molecule has 0 bridgehead atoms. The van der Waals surface area contributed by atoms with Gasteiger partial charge in [0, 0.05) is 19.0 Å². The van der Waals surface area contributed by atoms with Crippen molar-refractivity contribution < 1.29 is 14.7 Å². The largest absolute Gasteiger partial charge is 0.481 e. The third-order valence-corrected chi connectivity index (χ3v) is 5.25. The van der Waals surface area contributed by atoms with Gasteiger partial charge in [-0.1, -0.05) is 26.7 Å². The number of amides is 1. The zero-order chi connectivity index (χ0) is 15.4. The van der Waals surface area contributed by atoms with Crippen LogP contribution in [0.1, 0.15) is 46.0 Å². The minimum absolute atomic E-state index is 0.0944.